The van der Waals surface area contributed by atoms with Gasteiger partial charge >= 0.3 is 0 Å². The van der Waals surface area contributed by atoms with E-state index < -0.39 is 0 Å². The molecule has 0 aliphatic carbocycles. The van der Waals surface area contributed by atoms with E-state index in [-0.39, 0.29) is 17.6 Å². The van der Waals surface area contributed by atoms with Crippen LogP contribution >= 0.6 is 0 Å². The second-order valence-electron chi connectivity index (χ2n) is 5.18. The minimum Gasteiger partial charge on any atom is -0.371 e. The third-order valence-electron chi connectivity index (χ3n) is 3.88. The van der Waals surface area contributed by atoms with Gasteiger partial charge in [0, 0.05) is 36.8 Å². The number of carbonyl (C=O) groups excluding carboxylic acids is 1. The van der Waals surface area contributed by atoms with Gasteiger partial charge in [0.15, 0.2) is 0 Å². The van der Waals surface area contributed by atoms with Crippen LogP contribution in [0.1, 0.15) is 25.3 Å². The third kappa shape index (κ3) is 3.28. The average Bonchev–Trinajstić information content (AvgIpc) is 2.46. The van der Waals surface area contributed by atoms with Gasteiger partial charge in [-0.05, 0) is 31.5 Å². The number of primary amides is 1. The number of nitrogens with one attached hydrogen (secondary N) is 1. The number of nitrogens with zero attached hydrogens (tertiary/aromatic N) is 1. The van der Waals surface area contributed by atoms with Crippen LogP contribution in [0.25, 0.3) is 0 Å². The largest absolute Gasteiger partial charge is 0.371 e. The van der Waals surface area contributed by atoms with Gasteiger partial charge in [-0.15, -0.1) is 0 Å². The van der Waals surface area contributed by atoms with Gasteiger partial charge in [0.2, 0.25) is 5.91 Å². The van der Waals surface area contributed by atoms with Crippen molar-refractivity contribution >= 4 is 11.6 Å². The number of hydrogen-bond acceptors (Lipinski definition) is 3. The predicted molar refractivity (Wildman–Crippen MR) is 77.9 cm³/mol. The lowest BCUT2D eigenvalue weighted by Crippen LogP contribution is -2.39. The summed E-state index contributed by atoms with van der Waals surface area (Å²) < 4.78 is 14.0. The monoisotopic (exact) mass is 279 g/mol. The first-order valence-electron chi connectivity index (χ1n) is 7.15. The molecule has 1 saturated heterocycles. The van der Waals surface area contributed by atoms with Crippen molar-refractivity contribution in [3.63, 3.8) is 0 Å². The van der Waals surface area contributed by atoms with E-state index in [0.717, 1.165) is 38.2 Å². The third-order valence-corrected chi connectivity index (χ3v) is 3.88. The minimum atomic E-state index is -0.225. The highest BCUT2D eigenvalue weighted by atomic mass is 19.1. The van der Waals surface area contributed by atoms with Crippen LogP contribution < -0.4 is 16.0 Å². The SMILES string of the molecule is CCNCc1c(F)cccc1N1CCC(C(N)=O)CC1. The number of piperidine rings is 1. The molecule has 0 aromatic heterocycles. The van der Waals surface area contributed by atoms with Gasteiger partial charge in [0.05, 0.1) is 0 Å². The molecule has 110 valence electrons. The highest BCUT2D eigenvalue weighted by molar-refractivity contribution is 5.77. The van der Waals surface area contributed by atoms with Crippen LogP contribution in [-0.4, -0.2) is 25.5 Å². The number of nitrogens with two attached hydrogens (primary N) is 1. The van der Waals surface area contributed by atoms with Crippen molar-refractivity contribution in [2.24, 2.45) is 11.7 Å². The molecule has 20 heavy (non-hydrogen) atoms. The van der Waals surface area contributed by atoms with Crippen LogP contribution in [0.4, 0.5) is 10.1 Å². The maximum Gasteiger partial charge on any atom is 0.220 e. The smallest absolute Gasteiger partial charge is 0.220 e. The lowest BCUT2D eigenvalue weighted by molar-refractivity contribution is -0.122. The zero-order chi connectivity index (χ0) is 14.5. The summed E-state index contributed by atoms with van der Waals surface area (Å²) in [6.45, 7) is 4.82. The summed E-state index contributed by atoms with van der Waals surface area (Å²) in [5.74, 6) is -0.450. The summed E-state index contributed by atoms with van der Waals surface area (Å²) in [4.78, 5) is 13.3. The standard InChI is InChI=1S/C15H22FN3O/c1-2-18-10-12-13(16)4-3-5-14(12)19-8-6-11(7-9-19)15(17)20/h3-5,11,18H,2,6-10H2,1H3,(H2,17,20). The molecular weight excluding hydrogens is 257 g/mol. The lowest BCUT2D eigenvalue weighted by atomic mass is 9.95. The minimum absolute atomic E-state index is 0.0444. The first-order chi connectivity index (χ1) is 9.63. The highest BCUT2D eigenvalue weighted by Gasteiger charge is 2.24. The summed E-state index contributed by atoms with van der Waals surface area (Å²) >= 11 is 0. The fraction of sp³-hybridized carbons (Fsp3) is 0.533. The van der Waals surface area contributed by atoms with E-state index in [9.17, 15) is 9.18 Å². The number of benzene rings is 1. The molecule has 2 rings (SSSR count). The van der Waals surface area contributed by atoms with Gasteiger partial charge in [-0.3, -0.25) is 4.79 Å². The number of rotatable bonds is 5. The fourth-order valence-corrected chi connectivity index (χ4v) is 2.67. The number of amides is 1. The fourth-order valence-electron chi connectivity index (χ4n) is 2.67. The molecule has 0 unspecified atom stereocenters. The molecule has 0 spiro atoms. The Labute approximate surface area is 119 Å². The van der Waals surface area contributed by atoms with Gasteiger partial charge in [-0.25, -0.2) is 4.39 Å². The maximum atomic E-state index is 14.0. The van der Waals surface area contributed by atoms with Crippen molar-refractivity contribution in [1.82, 2.24) is 5.32 Å². The second-order valence-corrected chi connectivity index (χ2v) is 5.18. The number of halogens is 1. The molecule has 5 heteroatoms. The zero-order valence-corrected chi connectivity index (χ0v) is 11.9. The van der Waals surface area contributed by atoms with Gasteiger partial charge in [-0.2, -0.15) is 0 Å². The quantitative estimate of drug-likeness (QED) is 0.861. The van der Waals surface area contributed by atoms with Crippen molar-refractivity contribution in [3.8, 4) is 0 Å². The van der Waals surface area contributed by atoms with E-state index in [1.807, 2.05) is 13.0 Å². The first kappa shape index (κ1) is 14.8. The molecule has 0 radical (unpaired) electrons. The Hall–Kier alpha value is -1.62. The van der Waals surface area contributed by atoms with Gasteiger partial charge < -0.3 is 16.0 Å². The Kier molecular flexibility index (Phi) is 4.95. The molecule has 1 aliphatic heterocycles. The Morgan fingerprint density at radius 2 is 2.15 bits per heavy atom. The summed E-state index contributed by atoms with van der Waals surface area (Å²) in [5.41, 5.74) is 6.97. The number of hydrogen-bond donors (Lipinski definition) is 2. The molecule has 1 aliphatic rings. The van der Waals surface area contributed by atoms with E-state index in [0.29, 0.717) is 12.1 Å². The highest BCUT2D eigenvalue weighted by Crippen LogP contribution is 2.28. The molecular formula is C15H22FN3O. The summed E-state index contributed by atoms with van der Waals surface area (Å²) in [5, 5.41) is 3.17. The molecule has 0 atom stereocenters. The molecule has 1 aromatic rings. The molecule has 4 nitrogen and oxygen atoms in total. The van der Waals surface area contributed by atoms with E-state index in [1.165, 1.54) is 6.07 Å². The average molecular weight is 279 g/mol. The summed E-state index contributed by atoms with van der Waals surface area (Å²) in [6, 6.07) is 5.17. The van der Waals surface area contributed by atoms with E-state index in [4.69, 9.17) is 5.73 Å². The van der Waals surface area contributed by atoms with Crippen molar-refractivity contribution in [1.29, 1.82) is 0 Å². The Morgan fingerprint density at radius 1 is 1.45 bits per heavy atom. The molecule has 3 N–H and O–H groups in total. The molecule has 1 fully saturated rings. The molecule has 0 bridgehead atoms. The summed E-state index contributed by atoms with van der Waals surface area (Å²) in [6.07, 6.45) is 1.49. The Morgan fingerprint density at radius 3 is 2.75 bits per heavy atom. The second kappa shape index (κ2) is 6.70. The van der Waals surface area contributed by atoms with Gasteiger partial charge in [0.1, 0.15) is 5.82 Å². The van der Waals surface area contributed by atoms with Crippen LogP contribution in [0.3, 0.4) is 0 Å². The van der Waals surface area contributed by atoms with Crippen molar-refractivity contribution in [3.05, 3.63) is 29.6 Å². The molecule has 1 amide bonds. The topological polar surface area (TPSA) is 58.4 Å². The Bertz CT molecular complexity index is 470. The van der Waals surface area contributed by atoms with E-state index in [2.05, 4.69) is 10.2 Å². The Balaban J connectivity index is 2.13. The van der Waals surface area contributed by atoms with Gasteiger partial charge in [-0.1, -0.05) is 13.0 Å². The number of anilines is 1. The normalized spacial score (nSPS) is 16.4. The molecule has 1 aromatic carbocycles. The van der Waals surface area contributed by atoms with Crippen molar-refractivity contribution < 1.29 is 9.18 Å². The molecule has 0 saturated carbocycles. The zero-order valence-electron chi connectivity index (χ0n) is 11.9. The van der Waals surface area contributed by atoms with Crippen LogP contribution in [0.5, 0.6) is 0 Å². The van der Waals surface area contributed by atoms with Crippen LogP contribution in [-0.2, 0) is 11.3 Å². The number of carbonyl (C=O) groups is 1. The van der Waals surface area contributed by atoms with Gasteiger partial charge in [0.25, 0.3) is 0 Å². The molecule has 1 heterocycles. The van der Waals surface area contributed by atoms with E-state index in [1.54, 1.807) is 6.07 Å². The summed E-state index contributed by atoms with van der Waals surface area (Å²) in [7, 11) is 0. The van der Waals surface area contributed by atoms with Crippen LogP contribution in [0.2, 0.25) is 0 Å². The lowest BCUT2D eigenvalue weighted by Gasteiger charge is -2.33. The first-order valence-corrected chi connectivity index (χ1v) is 7.15. The predicted octanol–water partition coefficient (Wildman–Crippen LogP) is 1.64. The van der Waals surface area contributed by atoms with E-state index >= 15 is 0 Å². The van der Waals surface area contributed by atoms with Crippen LogP contribution in [0.15, 0.2) is 18.2 Å². The maximum absolute atomic E-state index is 14.0. The van der Waals surface area contributed by atoms with Crippen molar-refractivity contribution in [2.75, 3.05) is 24.5 Å². The van der Waals surface area contributed by atoms with Crippen molar-refractivity contribution in [2.45, 2.75) is 26.3 Å². The van der Waals surface area contributed by atoms with Crippen LogP contribution in [0, 0.1) is 11.7 Å².